The van der Waals surface area contributed by atoms with Crippen molar-refractivity contribution in [3.63, 3.8) is 0 Å². The van der Waals surface area contributed by atoms with Gasteiger partial charge in [-0.1, -0.05) is 63.2 Å². The molecule has 30 heavy (non-hydrogen) atoms. The number of carbonyl (C=O) groups is 2. The zero-order valence-electron chi connectivity index (χ0n) is 17.6. The van der Waals surface area contributed by atoms with Gasteiger partial charge in [0.25, 0.3) is 0 Å². The molecule has 0 aliphatic carbocycles. The van der Waals surface area contributed by atoms with Crippen LogP contribution in [0.25, 0.3) is 0 Å². The van der Waals surface area contributed by atoms with Crippen LogP contribution in [0.3, 0.4) is 0 Å². The van der Waals surface area contributed by atoms with Crippen molar-refractivity contribution in [2.45, 2.75) is 33.6 Å². The molecule has 0 spiro atoms. The Hall–Kier alpha value is -3.40. The Morgan fingerprint density at radius 1 is 0.800 bits per heavy atom. The molecule has 0 fully saturated rings. The summed E-state index contributed by atoms with van der Waals surface area (Å²) in [5.41, 5.74) is 2.74. The Balaban J connectivity index is 2.01. The molecule has 4 heteroatoms. The zero-order chi connectivity index (χ0) is 21.5. The van der Waals surface area contributed by atoms with Crippen molar-refractivity contribution in [1.82, 2.24) is 0 Å². The summed E-state index contributed by atoms with van der Waals surface area (Å²) >= 11 is 0. The molecule has 0 aromatic heterocycles. The molecule has 0 aliphatic rings. The highest BCUT2D eigenvalue weighted by molar-refractivity contribution is 5.93. The van der Waals surface area contributed by atoms with Crippen LogP contribution in [0.4, 0.5) is 0 Å². The summed E-state index contributed by atoms with van der Waals surface area (Å²) in [6, 6.07) is 21.4. The van der Waals surface area contributed by atoms with Crippen LogP contribution in [0, 0.1) is 5.92 Å². The van der Waals surface area contributed by atoms with Gasteiger partial charge < -0.3 is 9.47 Å². The maximum atomic E-state index is 12.8. The lowest BCUT2D eigenvalue weighted by molar-refractivity contribution is 0.0680. The number of hydrogen-bond donors (Lipinski definition) is 0. The topological polar surface area (TPSA) is 52.6 Å². The molecule has 0 N–H and O–H groups in total. The molecule has 3 rings (SSSR count). The smallest absolute Gasteiger partial charge is 0.343 e. The fourth-order valence-corrected chi connectivity index (χ4v) is 3.17. The molecule has 3 aromatic carbocycles. The lowest BCUT2D eigenvalue weighted by Crippen LogP contribution is -2.15. The number of benzene rings is 3. The SMILES string of the molecule is CCc1cc(CC(C)C)c(OC(=O)c2ccccc2)c(OC(=O)c2ccccc2)c1. The standard InChI is InChI=1S/C26H26O4/c1-4-19-16-22(15-18(2)3)24(30-26(28)21-13-9-6-10-14-21)23(17-19)29-25(27)20-11-7-5-8-12-20/h5-14,16-18H,4,15H2,1-3H3. The van der Waals surface area contributed by atoms with Gasteiger partial charge in [-0.05, 0) is 60.2 Å². The molecule has 154 valence electrons. The summed E-state index contributed by atoms with van der Waals surface area (Å²) in [7, 11) is 0. The third kappa shape index (κ3) is 5.35. The molecule has 0 atom stereocenters. The highest BCUT2D eigenvalue weighted by Gasteiger charge is 2.21. The Morgan fingerprint density at radius 3 is 1.83 bits per heavy atom. The third-order valence-corrected chi connectivity index (χ3v) is 4.64. The van der Waals surface area contributed by atoms with E-state index in [1.165, 1.54) is 0 Å². The van der Waals surface area contributed by atoms with Crippen LogP contribution in [0.15, 0.2) is 72.8 Å². The molecule has 0 amide bonds. The monoisotopic (exact) mass is 402 g/mol. The van der Waals surface area contributed by atoms with Gasteiger partial charge in [0, 0.05) is 0 Å². The van der Waals surface area contributed by atoms with Crippen LogP contribution in [0.5, 0.6) is 11.5 Å². The molecule has 4 nitrogen and oxygen atoms in total. The van der Waals surface area contributed by atoms with Gasteiger partial charge >= 0.3 is 11.9 Å². The van der Waals surface area contributed by atoms with E-state index >= 15 is 0 Å². The van der Waals surface area contributed by atoms with Gasteiger partial charge in [-0.2, -0.15) is 0 Å². The number of ether oxygens (including phenoxy) is 2. The highest BCUT2D eigenvalue weighted by Crippen LogP contribution is 2.36. The number of hydrogen-bond acceptors (Lipinski definition) is 4. The zero-order valence-corrected chi connectivity index (χ0v) is 17.6. The van der Waals surface area contributed by atoms with E-state index in [4.69, 9.17) is 9.47 Å². The average molecular weight is 402 g/mol. The first kappa shape index (κ1) is 21.3. The minimum atomic E-state index is -0.489. The maximum absolute atomic E-state index is 12.8. The predicted molar refractivity (Wildman–Crippen MR) is 117 cm³/mol. The summed E-state index contributed by atoms with van der Waals surface area (Å²) in [5.74, 6) is -0.0654. The minimum Gasteiger partial charge on any atom is -0.419 e. The Kier molecular flexibility index (Phi) is 7.02. The van der Waals surface area contributed by atoms with Crippen molar-refractivity contribution in [1.29, 1.82) is 0 Å². The van der Waals surface area contributed by atoms with E-state index in [9.17, 15) is 9.59 Å². The second-order valence-corrected chi connectivity index (χ2v) is 7.54. The Morgan fingerprint density at radius 2 is 1.33 bits per heavy atom. The maximum Gasteiger partial charge on any atom is 0.343 e. The van der Waals surface area contributed by atoms with Gasteiger partial charge in [-0.25, -0.2) is 9.59 Å². The largest absolute Gasteiger partial charge is 0.419 e. The van der Waals surface area contributed by atoms with Gasteiger partial charge in [-0.15, -0.1) is 0 Å². The van der Waals surface area contributed by atoms with Crippen LogP contribution in [-0.2, 0) is 12.8 Å². The lowest BCUT2D eigenvalue weighted by atomic mass is 9.98. The summed E-state index contributed by atoms with van der Waals surface area (Å²) in [6.45, 7) is 6.22. The van der Waals surface area contributed by atoms with Crippen LogP contribution in [0.2, 0.25) is 0 Å². The molecule has 0 unspecified atom stereocenters. The van der Waals surface area contributed by atoms with Crippen molar-refractivity contribution < 1.29 is 19.1 Å². The van der Waals surface area contributed by atoms with Crippen molar-refractivity contribution in [3.05, 3.63) is 95.1 Å². The summed E-state index contributed by atoms with van der Waals surface area (Å²) in [4.78, 5) is 25.4. The average Bonchev–Trinajstić information content (AvgIpc) is 2.76. The number of rotatable bonds is 7. The van der Waals surface area contributed by atoms with Crippen molar-refractivity contribution in [2.75, 3.05) is 0 Å². The van der Waals surface area contributed by atoms with Crippen LogP contribution in [-0.4, -0.2) is 11.9 Å². The quantitative estimate of drug-likeness (QED) is 0.365. The molecule has 0 radical (unpaired) electrons. The van der Waals surface area contributed by atoms with Crippen molar-refractivity contribution in [2.24, 2.45) is 5.92 Å². The molecule has 0 saturated carbocycles. The van der Waals surface area contributed by atoms with Gasteiger partial charge in [0.15, 0.2) is 11.5 Å². The molecular weight excluding hydrogens is 376 g/mol. The first-order valence-electron chi connectivity index (χ1n) is 10.2. The molecule has 0 bridgehead atoms. The third-order valence-electron chi connectivity index (χ3n) is 4.64. The van der Waals surface area contributed by atoms with Crippen molar-refractivity contribution >= 4 is 11.9 Å². The second-order valence-electron chi connectivity index (χ2n) is 7.54. The van der Waals surface area contributed by atoms with Gasteiger partial charge in [-0.3, -0.25) is 0 Å². The van der Waals surface area contributed by atoms with Gasteiger partial charge in [0.1, 0.15) is 0 Å². The fourth-order valence-electron chi connectivity index (χ4n) is 3.17. The number of aryl methyl sites for hydroxylation is 1. The van der Waals surface area contributed by atoms with Crippen LogP contribution >= 0.6 is 0 Å². The van der Waals surface area contributed by atoms with E-state index in [2.05, 4.69) is 13.8 Å². The molecule has 0 heterocycles. The van der Waals surface area contributed by atoms with E-state index in [-0.39, 0.29) is 5.75 Å². The number of esters is 2. The van der Waals surface area contributed by atoms with Gasteiger partial charge in [0.05, 0.1) is 11.1 Å². The van der Waals surface area contributed by atoms with E-state index in [0.29, 0.717) is 29.2 Å². The molecule has 0 saturated heterocycles. The first-order chi connectivity index (χ1) is 14.5. The summed E-state index contributed by atoms with van der Waals surface area (Å²) < 4.78 is 11.5. The first-order valence-corrected chi connectivity index (χ1v) is 10.2. The Bertz CT molecular complexity index is 1010. The summed E-state index contributed by atoms with van der Waals surface area (Å²) in [5, 5.41) is 0. The lowest BCUT2D eigenvalue weighted by Gasteiger charge is -2.18. The van der Waals surface area contributed by atoms with E-state index in [1.54, 1.807) is 54.6 Å². The minimum absolute atomic E-state index is 0.267. The number of carbonyl (C=O) groups excluding carboxylic acids is 2. The second kappa shape index (κ2) is 9.88. The highest BCUT2D eigenvalue weighted by atomic mass is 16.6. The predicted octanol–water partition coefficient (Wildman–Crippen LogP) is 5.89. The van der Waals surface area contributed by atoms with Crippen LogP contribution in [0.1, 0.15) is 52.6 Å². The molecule has 0 aliphatic heterocycles. The van der Waals surface area contributed by atoms with Gasteiger partial charge in [0.2, 0.25) is 0 Å². The van der Waals surface area contributed by atoms with Crippen LogP contribution < -0.4 is 9.47 Å². The van der Waals surface area contributed by atoms with Crippen molar-refractivity contribution in [3.8, 4) is 11.5 Å². The van der Waals surface area contributed by atoms with E-state index in [1.807, 2.05) is 25.1 Å². The normalized spacial score (nSPS) is 10.7. The van der Waals surface area contributed by atoms with E-state index < -0.39 is 11.9 Å². The summed E-state index contributed by atoms with van der Waals surface area (Å²) in [6.07, 6.45) is 1.47. The molecule has 3 aromatic rings. The van der Waals surface area contributed by atoms with E-state index in [0.717, 1.165) is 17.5 Å². The Labute approximate surface area is 177 Å². The fraction of sp³-hybridized carbons (Fsp3) is 0.231. The molecular formula is C26H26O4.